The first-order chi connectivity index (χ1) is 7.44. The Hall–Kier alpha value is -0.0900. The van der Waals surface area contributed by atoms with E-state index < -0.39 is 0 Å². The SMILES string of the molecule is COC(C)(C)CNCc1ccc(Br)cc1Cl. The topological polar surface area (TPSA) is 21.3 Å². The van der Waals surface area contributed by atoms with Gasteiger partial charge < -0.3 is 10.1 Å². The highest BCUT2D eigenvalue weighted by Crippen LogP contribution is 2.21. The minimum atomic E-state index is -0.151. The zero-order chi connectivity index (χ0) is 12.2. The Morgan fingerprint density at radius 3 is 2.69 bits per heavy atom. The molecule has 0 amide bonds. The third kappa shape index (κ3) is 4.42. The maximum Gasteiger partial charge on any atom is 0.0746 e. The molecular formula is C12H17BrClNO. The minimum Gasteiger partial charge on any atom is -0.377 e. The smallest absolute Gasteiger partial charge is 0.0746 e. The van der Waals surface area contributed by atoms with Crippen molar-refractivity contribution in [3.05, 3.63) is 33.3 Å². The quantitative estimate of drug-likeness (QED) is 0.897. The number of rotatable bonds is 5. The van der Waals surface area contributed by atoms with Crippen LogP contribution in [-0.4, -0.2) is 19.3 Å². The molecular weight excluding hydrogens is 289 g/mol. The Kier molecular flexibility index (Phi) is 5.25. The Morgan fingerprint density at radius 2 is 2.12 bits per heavy atom. The van der Waals surface area contributed by atoms with Crippen LogP contribution in [0.25, 0.3) is 0 Å². The van der Waals surface area contributed by atoms with Crippen molar-refractivity contribution in [2.24, 2.45) is 0 Å². The highest BCUT2D eigenvalue weighted by atomic mass is 79.9. The van der Waals surface area contributed by atoms with Crippen molar-refractivity contribution in [3.63, 3.8) is 0 Å². The van der Waals surface area contributed by atoms with Crippen LogP contribution in [0.4, 0.5) is 0 Å². The summed E-state index contributed by atoms with van der Waals surface area (Å²) in [5, 5.41) is 4.10. The van der Waals surface area contributed by atoms with Crippen LogP contribution in [0.5, 0.6) is 0 Å². The average molecular weight is 307 g/mol. The predicted molar refractivity (Wildman–Crippen MR) is 71.9 cm³/mol. The second-order valence-electron chi connectivity index (χ2n) is 4.30. The third-order valence-electron chi connectivity index (χ3n) is 2.43. The lowest BCUT2D eigenvalue weighted by molar-refractivity contribution is 0.0231. The molecule has 0 fully saturated rings. The van der Waals surface area contributed by atoms with Gasteiger partial charge in [-0.25, -0.2) is 0 Å². The molecule has 0 saturated carbocycles. The molecule has 1 aromatic carbocycles. The summed E-state index contributed by atoms with van der Waals surface area (Å²) in [6.07, 6.45) is 0. The molecule has 0 aliphatic rings. The standard InChI is InChI=1S/C12H17BrClNO/c1-12(2,16-3)8-15-7-9-4-5-10(13)6-11(9)14/h4-6,15H,7-8H2,1-3H3. The summed E-state index contributed by atoms with van der Waals surface area (Å²) in [5.41, 5.74) is 0.943. The van der Waals surface area contributed by atoms with Gasteiger partial charge in [0.05, 0.1) is 5.60 Å². The van der Waals surface area contributed by atoms with Gasteiger partial charge in [0, 0.05) is 29.7 Å². The molecule has 0 aliphatic heterocycles. The summed E-state index contributed by atoms with van der Waals surface area (Å²) in [5.74, 6) is 0. The molecule has 0 spiro atoms. The van der Waals surface area contributed by atoms with Gasteiger partial charge in [0.1, 0.15) is 0 Å². The van der Waals surface area contributed by atoms with Crippen LogP contribution >= 0.6 is 27.5 Å². The molecule has 0 radical (unpaired) electrons. The molecule has 90 valence electrons. The van der Waals surface area contributed by atoms with E-state index in [0.717, 1.165) is 28.1 Å². The van der Waals surface area contributed by atoms with E-state index in [0.29, 0.717) is 0 Å². The van der Waals surface area contributed by atoms with Gasteiger partial charge >= 0.3 is 0 Å². The number of hydrogen-bond acceptors (Lipinski definition) is 2. The minimum absolute atomic E-state index is 0.151. The Morgan fingerprint density at radius 1 is 1.44 bits per heavy atom. The number of halogens is 2. The van der Waals surface area contributed by atoms with E-state index in [1.807, 2.05) is 32.0 Å². The number of methoxy groups -OCH3 is 1. The second-order valence-corrected chi connectivity index (χ2v) is 5.63. The summed E-state index contributed by atoms with van der Waals surface area (Å²) in [7, 11) is 1.72. The first kappa shape index (κ1) is 14.0. The van der Waals surface area contributed by atoms with Gasteiger partial charge in [0.25, 0.3) is 0 Å². The van der Waals surface area contributed by atoms with Crippen LogP contribution in [0.1, 0.15) is 19.4 Å². The average Bonchev–Trinajstić information content (AvgIpc) is 2.21. The normalized spacial score (nSPS) is 11.8. The molecule has 0 unspecified atom stereocenters. The van der Waals surface area contributed by atoms with Crippen molar-refractivity contribution in [2.45, 2.75) is 26.0 Å². The van der Waals surface area contributed by atoms with Crippen molar-refractivity contribution in [2.75, 3.05) is 13.7 Å². The summed E-state index contributed by atoms with van der Waals surface area (Å²) < 4.78 is 6.32. The zero-order valence-electron chi connectivity index (χ0n) is 9.81. The number of hydrogen-bond donors (Lipinski definition) is 1. The van der Waals surface area contributed by atoms with Gasteiger partial charge in [-0.3, -0.25) is 0 Å². The molecule has 16 heavy (non-hydrogen) atoms. The summed E-state index contributed by atoms with van der Waals surface area (Å²) in [6.45, 7) is 5.63. The van der Waals surface area contributed by atoms with E-state index >= 15 is 0 Å². The third-order valence-corrected chi connectivity index (χ3v) is 3.28. The first-order valence-electron chi connectivity index (χ1n) is 5.14. The number of ether oxygens (including phenoxy) is 1. The zero-order valence-corrected chi connectivity index (χ0v) is 12.2. The molecule has 0 aliphatic carbocycles. The second kappa shape index (κ2) is 6.01. The molecule has 1 N–H and O–H groups in total. The molecule has 0 saturated heterocycles. The Bertz CT molecular complexity index is 355. The van der Waals surface area contributed by atoms with Crippen LogP contribution in [0.15, 0.2) is 22.7 Å². The fraction of sp³-hybridized carbons (Fsp3) is 0.500. The molecule has 0 heterocycles. The lowest BCUT2D eigenvalue weighted by Crippen LogP contribution is -2.36. The summed E-state index contributed by atoms with van der Waals surface area (Å²) in [6, 6.07) is 5.91. The van der Waals surface area contributed by atoms with E-state index in [-0.39, 0.29) is 5.60 Å². The molecule has 2 nitrogen and oxygen atoms in total. The molecule has 1 rings (SSSR count). The van der Waals surface area contributed by atoms with Gasteiger partial charge in [0.2, 0.25) is 0 Å². The van der Waals surface area contributed by atoms with Crippen LogP contribution in [0.2, 0.25) is 5.02 Å². The molecule has 0 atom stereocenters. The van der Waals surface area contributed by atoms with Crippen molar-refractivity contribution in [1.82, 2.24) is 5.32 Å². The maximum absolute atomic E-state index is 6.11. The fourth-order valence-electron chi connectivity index (χ4n) is 1.24. The highest BCUT2D eigenvalue weighted by Gasteiger charge is 2.15. The summed E-state index contributed by atoms with van der Waals surface area (Å²) >= 11 is 9.49. The first-order valence-corrected chi connectivity index (χ1v) is 6.31. The lowest BCUT2D eigenvalue weighted by atomic mass is 10.1. The van der Waals surface area contributed by atoms with Gasteiger partial charge in [0.15, 0.2) is 0 Å². The Balaban J connectivity index is 2.49. The Labute approximate surface area is 110 Å². The van der Waals surface area contributed by atoms with E-state index in [4.69, 9.17) is 16.3 Å². The van der Waals surface area contributed by atoms with E-state index in [1.165, 1.54) is 0 Å². The van der Waals surface area contributed by atoms with E-state index in [1.54, 1.807) is 7.11 Å². The number of benzene rings is 1. The monoisotopic (exact) mass is 305 g/mol. The summed E-state index contributed by atoms with van der Waals surface area (Å²) in [4.78, 5) is 0. The largest absolute Gasteiger partial charge is 0.377 e. The molecule has 0 aromatic heterocycles. The van der Waals surface area contributed by atoms with Gasteiger partial charge in [-0.2, -0.15) is 0 Å². The highest BCUT2D eigenvalue weighted by molar-refractivity contribution is 9.10. The number of nitrogens with one attached hydrogen (secondary N) is 1. The van der Waals surface area contributed by atoms with Crippen LogP contribution < -0.4 is 5.32 Å². The predicted octanol–water partition coefficient (Wildman–Crippen LogP) is 3.62. The van der Waals surface area contributed by atoms with Crippen molar-refractivity contribution in [1.29, 1.82) is 0 Å². The van der Waals surface area contributed by atoms with Gasteiger partial charge in [-0.1, -0.05) is 33.6 Å². The molecule has 0 bridgehead atoms. The van der Waals surface area contributed by atoms with Crippen LogP contribution in [0, 0.1) is 0 Å². The van der Waals surface area contributed by atoms with Gasteiger partial charge in [-0.05, 0) is 31.5 Å². The lowest BCUT2D eigenvalue weighted by Gasteiger charge is -2.23. The van der Waals surface area contributed by atoms with E-state index in [9.17, 15) is 0 Å². The fourth-order valence-corrected chi connectivity index (χ4v) is 1.98. The van der Waals surface area contributed by atoms with E-state index in [2.05, 4.69) is 21.2 Å². The molecule has 1 aromatic rings. The maximum atomic E-state index is 6.11. The van der Waals surface area contributed by atoms with Crippen LogP contribution in [-0.2, 0) is 11.3 Å². The molecule has 4 heteroatoms. The van der Waals surface area contributed by atoms with Crippen molar-refractivity contribution < 1.29 is 4.74 Å². The van der Waals surface area contributed by atoms with Gasteiger partial charge in [-0.15, -0.1) is 0 Å². The van der Waals surface area contributed by atoms with Crippen molar-refractivity contribution in [3.8, 4) is 0 Å². The van der Waals surface area contributed by atoms with Crippen molar-refractivity contribution >= 4 is 27.5 Å². The van der Waals surface area contributed by atoms with Crippen LogP contribution in [0.3, 0.4) is 0 Å².